The topological polar surface area (TPSA) is 58.6 Å². The summed E-state index contributed by atoms with van der Waals surface area (Å²) >= 11 is 0. The average Bonchev–Trinajstić information content (AvgIpc) is 2.79. The van der Waals surface area contributed by atoms with Crippen molar-refractivity contribution in [1.82, 2.24) is 10.2 Å². The van der Waals surface area contributed by atoms with Gasteiger partial charge in [-0.05, 0) is 55.2 Å². The van der Waals surface area contributed by atoms with Crippen LogP contribution in [0.2, 0.25) is 0 Å². The third kappa shape index (κ3) is 6.54. The molecule has 5 nitrogen and oxygen atoms in total. The minimum absolute atomic E-state index is 0.102. The molecule has 3 rings (SSSR count). The van der Waals surface area contributed by atoms with Crippen LogP contribution in [0.3, 0.4) is 0 Å². The first-order chi connectivity index (χ1) is 15.0. The second kappa shape index (κ2) is 10.9. The van der Waals surface area contributed by atoms with Gasteiger partial charge < -0.3 is 15.0 Å². The molecular formula is C25H31FN2O3. The number of rotatable bonds is 8. The summed E-state index contributed by atoms with van der Waals surface area (Å²) in [7, 11) is 1.59. The fourth-order valence-electron chi connectivity index (χ4n) is 4.00. The van der Waals surface area contributed by atoms with E-state index in [4.69, 9.17) is 4.74 Å². The van der Waals surface area contributed by atoms with E-state index in [1.54, 1.807) is 31.1 Å². The van der Waals surface area contributed by atoms with Crippen molar-refractivity contribution >= 4 is 11.8 Å². The molecule has 0 saturated heterocycles. The normalized spacial score (nSPS) is 15.2. The molecule has 1 aliphatic carbocycles. The Kier molecular flexibility index (Phi) is 8.04. The van der Waals surface area contributed by atoms with E-state index >= 15 is 0 Å². The largest absolute Gasteiger partial charge is 0.497 e. The van der Waals surface area contributed by atoms with Crippen LogP contribution in [-0.4, -0.2) is 35.9 Å². The fourth-order valence-corrected chi connectivity index (χ4v) is 4.00. The highest BCUT2D eigenvalue weighted by Gasteiger charge is 2.28. The molecule has 2 amide bonds. The summed E-state index contributed by atoms with van der Waals surface area (Å²) in [5.41, 5.74) is 1.59. The van der Waals surface area contributed by atoms with Gasteiger partial charge in [-0.2, -0.15) is 0 Å². The zero-order valence-corrected chi connectivity index (χ0v) is 18.3. The molecule has 1 N–H and O–H groups in total. The van der Waals surface area contributed by atoms with Crippen LogP contribution in [0.4, 0.5) is 4.39 Å². The second-order valence-corrected chi connectivity index (χ2v) is 8.20. The number of ether oxygens (including phenoxy) is 1. The van der Waals surface area contributed by atoms with Crippen molar-refractivity contribution < 1.29 is 18.7 Å². The number of hydrogen-bond acceptors (Lipinski definition) is 3. The predicted octanol–water partition coefficient (Wildman–Crippen LogP) is 4.24. The Morgan fingerprint density at radius 1 is 1.10 bits per heavy atom. The maximum atomic E-state index is 13.2. The Labute approximate surface area is 183 Å². The maximum Gasteiger partial charge on any atom is 0.242 e. The molecule has 1 aliphatic rings. The van der Waals surface area contributed by atoms with Crippen molar-refractivity contribution in [3.63, 3.8) is 0 Å². The van der Waals surface area contributed by atoms with Crippen LogP contribution in [0, 0.1) is 5.82 Å². The van der Waals surface area contributed by atoms with Gasteiger partial charge in [-0.25, -0.2) is 4.39 Å². The smallest absolute Gasteiger partial charge is 0.242 e. The lowest BCUT2D eigenvalue weighted by atomic mass is 9.95. The maximum absolute atomic E-state index is 13.2. The van der Waals surface area contributed by atoms with E-state index in [1.807, 2.05) is 24.3 Å². The molecular weight excluding hydrogens is 395 g/mol. The first-order valence-corrected chi connectivity index (χ1v) is 10.9. The molecule has 2 aromatic rings. The molecule has 0 aliphatic heterocycles. The predicted molar refractivity (Wildman–Crippen MR) is 118 cm³/mol. The molecule has 1 fully saturated rings. The Morgan fingerprint density at radius 3 is 2.48 bits per heavy atom. The summed E-state index contributed by atoms with van der Waals surface area (Å²) in [6, 6.07) is 12.9. The summed E-state index contributed by atoms with van der Waals surface area (Å²) in [6.45, 7) is 2.05. The Balaban J connectivity index is 1.76. The van der Waals surface area contributed by atoms with Crippen molar-refractivity contribution in [2.45, 2.75) is 64.1 Å². The SMILES string of the molecule is COc1cccc(CN(C(=O)Cc2ccc(F)cc2)[C@@H](C)C(=O)NC2CCCCC2)c1. The van der Waals surface area contributed by atoms with E-state index < -0.39 is 6.04 Å². The first kappa shape index (κ1) is 22.8. The standard InChI is InChI=1S/C25H31FN2O3/c1-18(25(30)27-22-8-4-3-5-9-22)28(17-20-7-6-10-23(15-20)31-2)24(29)16-19-11-13-21(26)14-12-19/h6-7,10-15,18,22H,3-5,8-9,16-17H2,1-2H3,(H,27,30)/t18-/m0/s1. The van der Waals surface area contributed by atoms with Gasteiger partial charge in [0.1, 0.15) is 17.6 Å². The number of nitrogens with zero attached hydrogens (tertiary/aromatic N) is 1. The van der Waals surface area contributed by atoms with Crippen LogP contribution in [0.1, 0.15) is 50.2 Å². The van der Waals surface area contributed by atoms with Crippen molar-refractivity contribution in [3.05, 3.63) is 65.5 Å². The number of carbonyl (C=O) groups is 2. The summed E-state index contributed by atoms with van der Waals surface area (Å²) in [5, 5.41) is 3.13. The number of hydrogen-bond donors (Lipinski definition) is 1. The molecule has 1 saturated carbocycles. The number of amides is 2. The van der Waals surface area contributed by atoms with E-state index in [0.29, 0.717) is 11.3 Å². The second-order valence-electron chi connectivity index (χ2n) is 8.20. The van der Waals surface area contributed by atoms with Gasteiger partial charge in [0.05, 0.1) is 13.5 Å². The highest BCUT2D eigenvalue weighted by molar-refractivity contribution is 5.88. The molecule has 0 bridgehead atoms. The van der Waals surface area contributed by atoms with E-state index in [-0.39, 0.29) is 36.6 Å². The van der Waals surface area contributed by atoms with Crippen molar-refractivity contribution in [3.8, 4) is 5.75 Å². The van der Waals surface area contributed by atoms with E-state index in [2.05, 4.69) is 5.32 Å². The van der Waals surface area contributed by atoms with Crippen LogP contribution in [0.15, 0.2) is 48.5 Å². The number of benzene rings is 2. The molecule has 0 heterocycles. The summed E-state index contributed by atoms with van der Waals surface area (Å²) in [6.07, 6.45) is 5.52. The molecule has 1 atom stereocenters. The quantitative estimate of drug-likeness (QED) is 0.687. The summed E-state index contributed by atoms with van der Waals surface area (Å²) in [5.74, 6) is 0.0374. The number of carbonyl (C=O) groups excluding carboxylic acids is 2. The molecule has 0 unspecified atom stereocenters. The van der Waals surface area contributed by atoms with Gasteiger partial charge in [0.15, 0.2) is 0 Å². The van der Waals surface area contributed by atoms with Crippen molar-refractivity contribution in [2.75, 3.05) is 7.11 Å². The molecule has 0 radical (unpaired) electrons. The third-order valence-electron chi connectivity index (χ3n) is 5.87. The van der Waals surface area contributed by atoms with Gasteiger partial charge in [-0.1, -0.05) is 43.5 Å². The lowest BCUT2D eigenvalue weighted by Crippen LogP contribution is -2.50. The first-order valence-electron chi connectivity index (χ1n) is 10.9. The highest BCUT2D eigenvalue weighted by Crippen LogP contribution is 2.20. The number of methoxy groups -OCH3 is 1. The lowest BCUT2D eigenvalue weighted by Gasteiger charge is -2.31. The van der Waals surface area contributed by atoms with Gasteiger partial charge in [0.2, 0.25) is 11.8 Å². The fraction of sp³-hybridized carbons (Fsp3) is 0.440. The van der Waals surface area contributed by atoms with Gasteiger partial charge in [-0.3, -0.25) is 9.59 Å². The van der Waals surface area contributed by atoms with Crippen molar-refractivity contribution in [1.29, 1.82) is 0 Å². The lowest BCUT2D eigenvalue weighted by molar-refractivity contribution is -0.140. The molecule has 31 heavy (non-hydrogen) atoms. The van der Waals surface area contributed by atoms with Crippen LogP contribution in [0.25, 0.3) is 0 Å². The third-order valence-corrected chi connectivity index (χ3v) is 5.87. The minimum Gasteiger partial charge on any atom is -0.497 e. The number of halogens is 1. The highest BCUT2D eigenvalue weighted by atomic mass is 19.1. The molecule has 0 aromatic heterocycles. The van der Waals surface area contributed by atoms with Crippen LogP contribution in [-0.2, 0) is 22.6 Å². The molecule has 0 spiro atoms. The Morgan fingerprint density at radius 2 is 1.81 bits per heavy atom. The van der Waals surface area contributed by atoms with Gasteiger partial charge in [-0.15, -0.1) is 0 Å². The van der Waals surface area contributed by atoms with Gasteiger partial charge >= 0.3 is 0 Å². The molecule has 166 valence electrons. The average molecular weight is 427 g/mol. The molecule has 2 aromatic carbocycles. The van der Waals surface area contributed by atoms with Gasteiger partial charge in [0.25, 0.3) is 0 Å². The Hall–Kier alpha value is -2.89. The van der Waals surface area contributed by atoms with Crippen LogP contribution in [0.5, 0.6) is 5.75 Å². The zero-order valence-electron chi connectivity index (χ0n) is 18.3. The molecule has 6 heteroatoms. The Bertz CT molecular complexity index is 879. The minimum atomic E-state index is -0.624. The van der Waals surface area contributed by atoms with E-state index in [1.165, 1.54) is 18.6 Å². The number of nitrogens with one attached hydrogen (secondary N) is 1. The van der Waals surface area contributed by atoms with E-state index in [0.717, 1.165) is 31.2 Å². The van der Waals surface area contributed by atoms with Crippen LogP contribution >= 0.6 is 0 Å². The summed E-state index contributed by atoms with van der Waals surface area (Å²) in [4.78, 5) is 27.8. The van der Waals surface area contributed by atoms with Crippen LogP contribution < -0.4 is 10.1 Å². The van der Waals surface area contributed by atoms with Crippen molar-refractivity contribution in [2.24, 2.45) is 0 Å². The monoisotopic (exact) mass is 426 g/mol. The zero-order chi connectivity index (χ0) is 22.2. The van der Waals surface area contributed by atoms with Gasteiger partial charge in [0, 0.05) is 12.6 Å². The summed E-state index contributed by atoms with van der Waals surface area (Å²) < 4.78 is 18.5. The van der Waals surface area contributed by atoms with E-state index in [9.17, 15) is 14.0 Å².